The van der Waals surface area contributed by atoms with Crippen molar-refractivity contribution >= 4 is 15.9 Å². The fraction of sp³-hybridized carbons (Fsp3) is 0.700. The third-order valence-corrected chi connectivity index (χ3v) is 3.35. The average molecular weight is 297 g/mol. The Kier molecular flexibility index (Phi) is 3.30. The summed E-state index contributed by atoms with van der Waals surface area (Å²) in [6.45, 7) is 3.23. The summed E-state index contributed by atoms with van der Waals surface area (Å²) in [7, 11) is 1.39. The maximum atomic E-state index is 12.9. The van der Waals surface area contributed by atoms with Crippen LogP contribution in [0.2, 0.25) is 0 Å². The standard InChI is InChI=1S/C10H12BrF3N2/c1-9(2,5-15)7-6(11)4-16(3)8(7)10(12,13)14/h6H,4H2,1-3H3. The largest absolute Gasteiger partial charge is 0.431 e. The Labute approximate surface area is 101 Å². The summed E-state index contributed by atoms with van der Waals surface area (Å²) in [5, 5.41) is 8.95. The molecule has 0 radical (unpaired) electrons. The van der Waals surface area contributed by atoms with Gasteiger partial charge in [0.2, 0.25) is 0 Å². The first-order valence-electron chi connectivity index (χ1n) is 4.69. The summed E-state index contributed by atoms with van der Waals surface area (Å²) in [4.78, 5) is 0.720. The van der Waals surface area contributed by atoms with Gasteiger partial charge in [0.05, 0.1) is 16.3 Å². The van der Waals surface area contributed by atoms with Crippen molar-refractivity contribution in [1.82, 2.24) is 4.90 Å². The molecule has 1 aliphatic heterocycles. The number of hydrogen-bond donors (Lipinski definition) is 0. The molecule has 16 heavy (non-hydrogen) atoms. The molecule has 1 rings (SSSR count). The molecule has 1 aliphatic rings. The lowest BCUT2D eigenvalue weighted by atomic mass is 9.83. The average Bonchev–Trinajstić information content (AvgIpc) is 2.40. The molecule has 0 aliphatic carbocycles. The molecular weight excluding hydrogens is 285 g/mol. The van der Waals surface area contributed by atoms with Crippen molar-refractivity contribution in [2.45, 2.75) is 24.9 Å². The predicted molar refractivity (Wildman–Crippen MR) is 57.8 cm³/mol. The molecule has 0 aromatic heterocycles. The Hall–Kier alpha value is -0.700. The van der Waals surface area contributed by atoms with E-state index >= 15 is 0 Å². The molecule has 0 fully saturated rings. The van der Waals surface area contributed by atoms with Crippen molar-refractivity contribution in [3.63, 3.8) is 0 Å². The van der Waals surface area contributed by atoms with Crippen LogP contribution >= 0.6 is 15.9 Å². The molecule has 1 heterocycles. The van der Waals surface area contributed by atoms with E-state index in [2.05, 4.69) is 15.9 Å². The highest BCUT2D eigenvalue weighted by Crippen LogP contribution is 2.45. The lowest BCUT2D eigenvalue weighted by molar-refractivity contribution is -0.108. The Morgan fingerprint density at radius 2 is 1.94 bits per heavy atom. The fourth-order valence-corrected chi connectivity index (χ4v) is 3.12. The smallest absolute Gasteiger partial charge is 0.369 e. The van der Waals surface area contributed by atoms with Gasteiger partial charge < -0.3 is 4.90 Å². The molecule has 2 nitrogen and oxygen atoms in total. The predicted octanol–water partition coefficient (Wildman–Crippen LogP) is 3.06. The van der Waals surface area contributed by atoms with Gasteiger partial charge in [0.1, 0.15) is 5.70 Å². The van der Waals surface area contributed by atoms with Gasteiger partial charge in [-0.1, -0.05) is 15.9 Å². The van der Waals surface area contributed by atoms with E-state index < -0.39 is 22.1 Å². The first-order chi connectivity index (χ1) is 7.11. The molecule has 90 valence electrons. The number of halogens is 4. The second kappa shape index (κ2) is 3.95. The second-order valence-electron chi connectivity index (χ2n) is 4.34. The number of nitriles is 1. The van der Waals surface area contributed by atoms with E-state index in [1.54, 1.807) is 0 Å². The van der Waals surface area contributed by atoms with Crippen LogP contribution in [0.15, 0.2) is 11.3 Å². The molecular formula is C10H12BrF3N2. The zero-order chi connectivity index (χ0) is 12.7. The Bertz CT molecular complexity index is 365. The molecule has 0 saturated heterocycles. The highest BCUT2D eigenvalue weighted by atomic mass is 79.9. The molecule has 0 amide bonds. The van der Waals surface area contributed by atoms with Crippen LogP contribution in [0, 0.1) is 16.7 Å². The molecule has 0 aromatic rings. The van der Waals surface area contributed by atoms with Crippen LogP contribution in [0.5, 0.6) is 0 Å². The number of nitrogens with zero attached hydrogens (tertiary/aromatic N) is 2. The van der Waals surface area contributed by atoms with Crippen LogP contribution in [0.25, 0.3) is 0 Å². The van der Waals surface area contributed by atoms with E-state index in [1.165, 1.54) is 20.9 Å². The van der Waals surface area contributed by atoms with Gasteiger partial charge in [-0.15, -0.1) is 0 Å². The third-order valence-electron chi connectivity index (χ3n) is 2.61. The zero-order valence-electron chi connectivity index (χ0n) is 9.19. The van der Waals surface area contributed by atoms with Crippen LogP contribution in [0.3, 0.4) is 0 Å². The Morgan fingerprint density at radius 1 is 1.44 bits per heavy atom. The van der Waals surface area contributed by atoms with Crippen molar-refractivity contribution in [1.29, 1.82) is 5.26 Å². The molecule has 0 aromatic carbocycles. The van der Waals surface area contributed by atoms with Gasteiger partial charge in [-0.05, 0) is 19.4 Å². The third kappa shape index (κ3) is 2.19. The van der Waals surface area contributed by atoms with Crippen LogP contribution in [-0.2, 0) is 0 Å². The lowest BCUT2D eigenvalue weighted by Gasteiger charge is -2.23. The van der Waals surface area contributed by atoms with Crippen molar-refractivity contribution in [2.24, 2.45) is 5.41 Å². The van der Waals surface area contributed by atoms with E-state index in [0.29, 0.717) is 0 Å². The summed E-state index contributed by atoms with van der Waals surface area (Å²) >= 11 is 3.20. The van der Waals surface area contributed by atoms with Crippen LogP contribution in [0.1, 0.15) is 13.8 Å². The summed E-state index contributed by atoms with van der Waals surface area (Å²) < 4.78 is 38.6. The molecule has 1 atom stereocenters. The van der Waals surface area contributed by atoms with Crippen LogP contribution in [0.4, 0.5) is 13.2 Å². The Balaban J connectivity index is 3.38. The van der Waals surface area contributed by atoms with Gasteiger partial charge in [0.25, 0.3) is 0 Å². The summed E-state index contributed by atoms with van der Waals surface area (Å²) in [5.74, 6) is 0. The maximum Gasteiger partial charge on any atom is 0.431 e. The number of rotatable bonds is 1. The minimum atomic E-state index is -4.42. The summed E-state index contributed by atoms with van der Waals surface area (Å²) in [5.41, 5.74) is -1.70. The van der Waals surface area contributed by atoms with Gasteiger partial charge in [-0.3, -0.25) is 0 Å². The van der Waals surface area contributed by atoms with E-state index in [1.807, 2.05) is 6.07 Å². The first kappa shape index (κ1) is 13.4. The lowest BCUT2D eigenvalue weighted by Crippen LogP contribution is -2.27. The van der Waals surface area contributed by atoms with Crippen molar-refractivity contribution in [3.8, 4) is 6.07 Å². The topological polar surface area (TPSA) is 27.0 Å². The first-order valence-corrected chi connectivity index (χ1v) is 5.61. The molecule has 0 saturated carbocycles. The molecule has 1 unspecified atom stereocenters. The maximum absolute atomic E-state index is 12.9. The van der Waals surface area contributed by atoms with E-state index in [4.69, 9.17) is 5.26 Å². The monoisotopic (exact) mass is 296 g/mol. The highest BCUT2D eigenvalue weighted by molar-refractivity contribution is 9.09. The van der Waals surface area contributed by atoms with Crippen LogP contribution in [-0.4, -0.2) is 29.5 Å². The van der Waals surface area contributed by atoms with E-state index in [-0.39, 0.29) is 12.1 Å². The van der Waals surface area contributed by atoms with Crippen molar-refractivity contribution < 1.29 is 13.2 Å². The number of allylic oxidation sites excluding steroid dienone is 1. The molecule has 6 heteroatoms. The minimum Gasteiger partial charge on any atom is -0.369 e. The molecule has 0 N–H and O–H groups in total. The SMILES string of the molecule is CN1CC(Br)C(C(C)(C)C#N)=C1C(F)(F)F. The van der Waals surface area contributed by atoms with Gasteiger partial charge in [-0.25, -0.2) is 0 Å². The molecule has 0 bridgehead atoms. The highest BCUT2D eigenvalue weighted by Gasteiger charge is 2.48. The van der Waals surface area contributed by atoms with Gasteiger partial charge >= 0.3 is 6.18 Å². The normalized spacial score (nSPS) is 22.6. The Morgan fingerprint density at radius 3 is 2.31 bits per heavy atom. The second-order valence-corrected chi connectivity index (χ2v) is 5.45. The molecule has 0 spiro atoms. The summed E-state index contributed by atoms with van der Waals surface area (Å²) in [6, 6.07) is 1.92. The van der Waals surface area contributed by atoms with Crippen molar-refractivity contribution in [3.05, 3.63) is 11.3 Å². The summed E-state index contributed by atoms with van der Waals surface area (Å²) in [6.07, 6.45) is -4.42. The van der Waals surface area contributed by atoms with E-state index in [0.717, 1.165) is 4.90 Å². The fourth-order valence-electron chi connectivity index (χ4n) is 1.89. The zero-order valence-corrected chi connectivity index (χ0v) is 10.8. The van der Waals surface area contributed by atoms with Gasteiger partial charge in [0, 0.05) is 13.6 Å². The van der Waals surface area contributed by atoms with Crippen LogP contribution < -0.4 is 0 Å². The number of alkyl halides is 4. The van der Waals surface area contributed by atoms with E-state index in [9.17, 15) is 13.2 Å². The van der Waals surface area contributed by atoms with Crippen molar-refractivity contribution in [2.75, 3.05) is 13.6 Å². The quantitative estimate of drug-likeness (QED) is 0.696. The van der Waals surface area contributed by atoms with Gasteiger partial charge in [0.15, 0.2) is 0 Å². The number of hydrogen-bond acceptors (Lipinski definition) is 2. The van der Waals surface area contributed by atoms with Gasteiger partial charge in [-0.2, -0.15) is 18.4 Å². The minimum absolute atomic E-state index is 0.116.